The monoisotopic (exact) mass is 502 g/mol. The van der Waals surface area contributed by atoms with Crippen molar-refractivity contribution in [2.75, 3.05) is 31.2 Å². The predicted molar refractivity (Wildman–Crippen MR) is 135 cm³/mol. The Morgan fingerprint density at radius 2 is 2.11 bits per heavy atom. The molecular formula is C27H30N6O4. The van der Waals surface area contributed by atoms with E-state index in [0.717, 1.165) is 49.3 Å². The van der Waals surface area contributed by atoms with Gasteiger partial charge in [0.15, 0.2) is 0 Å². The number of aromatic nitrogens is 3. The number of nitrogens with zero attached hydrogens (tertiary/aromatic N) is 6. The molecule has 4 aliphatic heterocycles. The van der Waals surface area contributed by atoms with E-state index in [1.165, 1.54) is 6.20 Å². The zero-order chi connectivity index (χ0) is 25.7. The molecule has 1 amide bonds. The number of anilines is 1. The van der Waals surface area contributed by atoms with Gasteiger partial charge in [-0.25, -0.2) is 9.50 Å². The van der Waals surface area contributed by atoms with Gasteiger partial charge in [-0.2, -0.15) is 10.4 Å². The van der Waals surface area contributed by atoms with Crippen LogP contribution in [0.25, 0.3) is 16.6 Å². The molecule has 10 nitrogen and oxygen atoms in total. The molecule has 4 fully saturated rings. The summed E-state index contributed by atoms with van der Waals surface area (Å²) in [5.41, 5.74) is 1.75. The van der Waals surface area contributed by atoms with Crippen LogP contribution in [0.2, 0.25) is 0 Å². The molecule has 3 aromatic heterocycles. The van der Waals surface area contributed by atoms with E-state index in [4.69, 9.17) is 14.5 Å². The molecule has 10 heteroatoms. The van der Waals surface area contributed by atoms with Crippen LogP contribution in [0.3, 0.4) is 0 Å². The number of rotatable bonds is 6. The zero-order valence-corrected chi connectivity index (χ0v) is 21.0. The first-order chi connectivity index (χ1) is 17.8. The first-order valence-electron chi connectivity index (χ1n) is 12.7. The van der Waals surface area contributed by atoms with Gasteiger partial charge in [0.05, 0.1) is 41.2 Å². The molecule has 37 heavy (non-hydrogen) atoms. The maximum atomic E-state index is 12.9. The van der Waals surface area contributed by atoms with Crippen molar-refractivity contribution in [1.82, 2.24) is 19.5 Å². The van der Waals surface area contributed by atoms with E-state index in [2.05, 4.69) is 16.1 Å². The Balaban J connectivity index is 1.23. The number of piperazine rings is 1. The highest BCUT2D eigenvalue weighted by atomic mass is 16.5. The van der Waals surface area contributed by atoms with Crippen molar-refractivity contribution < 1.29 is 19.4 Å². The molecule has 3 aromatic rings. The fourth-order valence-electron chi connectivity index (χ4n) is 5.57. The minimum Gasteiger partial charge on any atom is -0.489 e. The largest absolute Gasteiger partial charge is 0.489 e. The van der Waals surface area contributed by atoms with E-state index in [-0.39, 0.29) is 30.7 Å². The van der Waals surface area contributed by atoms with Gasteiger partial charge < -0.3 is 24.4 Å². The molecular weight excluding hydrogens is 472 g/mol. The molecule has 0 aliphatic carbocycles. The Labute approximate surface area is 215 Å². The maximum Gasteiger partial charge on any atom is 0.252 e. The van der Waals surface area contributed by atoms with Crippen molar-refractivity contribution in [3.8, 4) is 22.9 Å². The first kappa shape index (κ1) is 23.7. The van der Waals surface area contributed by atoms with E-state index >= 15 is 0 Å². The summed E-state index contributed by atoms with van der Waals surface area (Å²) in [4.78, 5) is 21.9. The Morgan fingerprint density at radius 3 is 2.76 bits per heavy atom. The second-order valence-electron chi connectivity index (χ2n) is 10.8. The molecule has 0 aromatic carbocycles. The second-order valence-corrected chi connectivity index (χ2v) is 10.8. The number of hydrogen-bond acceptors (Lipinski definition) is 8. The van der Waals surface area contributed by atoms with Gasteiger partial charge in [0, 0.05) is 37.0 Å². The Hall–Kier alpha value is -3.68. The van der Waals surface area contributed by atoms with E-state index in [1.54, 1.807) is 30.8 Å². The molecule has 0 spiro atoms. The lowest BCUT2D eigenvalue weighted by Crippen LogP contribution is -2.71. The van der Waals surface area contributed by atoms with Crippen LogP contribution in [0.5, 0.6) is 5.75 Å². The van der Waals surface area contributed by atoms with Crippen LogP contribution in [0.1, 0.15) is 38.7 Å². The van der Waals surface area contributed by atoms with Crippen molar-refractivity contribution in [3.63, 3.8) is 0 Å². The van der Waals surface area contributed by atoms with Gasteiger partial charge in [-0.05, 0) is 51.3 Å². The summed E-state index contributed by atoms with van der Waals surface area (Å²) in [5, 5.41) is 24.0. The summed E-state index contributed by atoms with van der Waals surface area (Å²) in [6.45, 7) is 5.67. The van der Waals surface area contributed by atoms with Crippen LogP contribution in [0, 0.1) is 11.3 Å². The first-order valence-corrected chi connectivity index (χ1v) is 12.7. The number of carbonyl (C=O) groups excluding carboxylic acids is 1. The molecule has 4 saturated heterocycles. The topological polar surface area (TPSA) is 116 Å². The van der Waals surface area contributed by atoms with Crippen LogP contribution < -0.4 is 9.64 Å². The van der Waals surface area contributed by atoms with Crippen LogP contribution in [-0.2, 0) is 9.53 Å². The van der Waals surface area contributed by atoms with E-state index in [9.17, 15) is 15.2 Å². The van der Waals surface area contributed by atoms with Crippen LogP contribution in [0.15, 0.2) is 36.8 Å². The zero-order valence-electron chi connectivity index (χ0n) is 21.0. The second kappa shape index (κ2) is 9.01. The third kappa shape index (κ3) is 4.38. The number of pyridine rings is 2. The Bertz CT molecular complexity index is 1350. The van der Waals surface area contributed by atoms with Gasteiger partial charge >= 0.3 is 0 Å². The molecule has 0 radical (unpaired) electrons. The normalized spacial score (nSPS) is 23.1. The highest BCUT2D eigenvalue weighted by Crippen LogP contribution is 2.37. The van der Waals surface area contributed by atoms with Crippen LogP contribution in [0.4, 0.5) is 5.82 Å². The molecule has 2 unspecified atom stereocenters. The highest BCUT2D eigenvalue weighted by molar-refractivity contribution is 5.85. The van der Waals surface area contributed by atoms with Gasteiger partial charge in [-0.1, -0.05) is 0 Å². The Kier molecular flexibility index (Phi) is 5.77. The quantitative estimate of drug-likeness (QED) is 0.546. The van der Waals surface area contributed by atoms with E-state index < -0.39 is 5.60 Å². The summed E-state index contributed by atoms with van der Waals surface area (Å²) >= 11 is 0. The minimum atomic E-state index is -0.986. The summed E-state index contributed by atoms with van der Waals surface area (Å²) in [5.74, 6) is 1.54. The molecule has 7 heterocycles. The summed E-state index contributed by atoms with van der Waals surface area (Å²) < 4.78 is 13.1. The predicted octanol–water partition coefficient (Wildman–Crippen LogP) is 2.39. The average Bonchev–Trinajstić information content (AvgIpc) is 3.57. The van der Waals surface area contributed by atoms with Crippen molar-refractivity contribution in [2.24, 2.45) is 0 Å². The van der Waals surface area contributed by atoms with Crippen LogP contribution in [-0.4, -0.2) is 80.6 Å². The highest BCUT2D eigenvalue weighted by Gasteiger charge is 2.49. The molecule has 0 saturated carbocycles. The fourth-order valence-corrected chi connectivity index (χ4v) is 5.57. The van der Waals surface area contributed by atoms with Gasteiger partial charge in [0.25, 0.3) is 5.91 Å². The lowest BCUT2D eigenvalue weighted by Gasteiger charge is -2.57. The van der Waals surface area contributed by atoms with Crippen molar-refractivity contribution in [3.05, 3.63) is 42.4 Å². The average molecular weight is 503 g/mol. The SMILES string of the molecule is CC(C)(O)COc1cc(-c2ccc(N3CC4CC(C3)N4C(=O)[C@@H]3CCCO3)nc2)c2c(C#N)cnn2c1. The number of hydrogen-bond donors (Lipinski definition) is 1. The van der Waals surface area contributed by atoms with E-state index in [0.29, 0.717) is 23.4 Å². The molecule has 3 atom stereocenters. The number of nitriles is 1. The molecule has 1 N–H and O–H groups in total. The number of amides is 1. The number of aliphatic hydroxyl groups is 1. The van der Waals surface area contributed by atoms with Gasteiger partial charge in [0.1, 0.15) is 30.3 Å². The van der Waals surface area contributed by atoms with Gasteiger partial charge in [-0.15, -0.1) is 0 Å². The third-order valence-electron chi connectivity index (χ3n) is 7.33. The van der Waals surface area contributed by atoms with E-state index in [1.807, 2.05) is 23.1 Å². The third-order valence-corrected chi connectivity index (χ3v) is 7.33. The van der Waals surface area contributed by atoms with Gasteiger partial charge in [-0.3, -0.25) is 4.79 Å². The number of ether oxygens (including phenoxy) is 2. The maximum absolute atomic E-state index is 12.9. The van der Waals surface area contributed by atoms with Crippen molar-refractivity contribution in [2.45, 2.75) is 56.9 Å². The molecule has 7 rings (SSSR count). The molecule has 4 aliphatic rings. The lowest BCUT2D eigenvalue weighted by atomic mass is 9.86. The number of carbonyl (C=O) groups is 1. The number of fused-ring (bicyclic) bond motifs is 3. The smallest absolute Gasteiger partial charge is 0.252 e. The minimum absolute atomic E-state index is 0.116. The summed E-state index contributed by atoms with van der Waals surface area (Å²) in [6, 6.07) is 8.43. The summed E-state index contributed by atoms with van der Waals surface area (Å²) in [6.07, 6.45) is 7.58. The number of piperidine rings is 1. The fraction of sp³-hybridized carbons (Fsp3) is 0.481. The van der Waals surface area contributed by atoms with Crippen LogP contribution >= 0.6 is 0 Å². The standard InChI is InChI=1S/C27H30N6O4/c1-27(2,35)16-37-21-9-22(25-18(10-28)12-30-32(25)15-21)17-5-6-24(29-11-17)31-13-19-8-20(14-31)33(19)26(34)23-4-3-7-36-23/h5-6,9,11-12,15,19-20,23,35H,3-4,7-8,13-14,16H2,1-2H3/t19?,20?,23-/m0/s1. The lowest BCUT2D eigenvalue weighted by molar-refractivity contribution is -0.156. The summed E-state index contributed by atoms with van der Waals surface area (Å²) in [7, 11) is 0. The molecule has 192 valence electrons. The molecule has 2 bridgehead atoms. The van der Waals surface area contributed by atoms with Crippen molar-refractivity contribution >= 4 is 17.2 Å². The van der Waals surface area contributed by atoms with Crippen molar-refractivity contribution in [1.29, 1.82) is 5.26 Å². The van der Waals surface area contributed by atoms with Gasteiger partial charge in [0.2, 0.25) is 0 Å². The Morgan fingerprint density at radius 1 is 1.30 bits per heavy atom.